The molecule has 1 atom stereocenters. The van der Waals surface area contributed by atoms with Crippen LogP contribution in [0.2, 0.25) is 0 Å². The van der Waals surface area contributed by atoms with Crippen LogP contribution in [0.3, 0.4) is 0 Å². The number of benzene rings is 1. The van der Waals surface area contributed by atoms with Crippen LogP contribution in [-0.2, 0) is 6.42 Å². The molecule has 0 fully saturated rings. The molecule has 25 heavy (non-hydrogen) atoms. The Balaban J connectivity index is 1.53. The van der Waals surface area contributed by atoms with Gasteiger partial charge in [0.2, 0.25) is 0 Å². The first-order chi connectivity index (χ1) is 12.2. The Hall–Kier alpha value is -2.62. The van der Waals surface area contributed by atoms with Crippen LogP contribution >= 0.6 is 11.3 Å². The fourth-order valence-electron chi connectivity index (χ4n) is 2.07. The highest BCUT2D eigenvalue weighted by atomic mass is 32.1. The standard InChI is InChI=1S/C16H16N4O4S/c21-9-12(22)16-19-18-14(25-16)6-7-17-15(23)11-8-13(24-20-11)10-4-2-1-3-5-10/h1-5,8,12,21-22H,6-7,9H2,(H,17,23)/t12-/m1/s1. The molecule has 0 aliphatic rings. The molecular weight excluding hydrogens is 344 g/mol. The summed E-state index contributed by atoms with van der Waals surface area (Å²) in [6.45, 7) is -0.0580. The van der Waals surface area contributed by atoms with Gasteiger partial charge in [0, 0.05) is 24.6 Å². The monoisotopic (exact) mass is 360 g/mol. The van der Waals surface area contributed by atoms with Crippen molar-refractivity contribution in [2.24, 2.45) is 0 Å². The molecule has 0 aliphatic carbocycles. The van der Waals surface area contributed by atoms with Gasteiger partial charge in [-0.2, -0.15) is 0 Å². The first-order valence-electron chi connectivity index (χ1n) is 7.59. The Morgan fingerprint density at radius 1 is 1.28 bits per heavy atom. The second-order valence-electron chi connectivity index (χ2n) is 5.18. The quantitative estimate of drug-likeness (QED) is 0.578. The number of aliphatic hydroxyl groups excluding tert-OH is 2. The molecule has 3 rings (SSSR count). The minimum absolute atomic E-state index is 0.201. The van der Waals surface area contributed by atoms with Crippen LogP contribution in [0.5, 0.6) is 0 Å². The summed E-state index contributed by atoms with van der Waals surface area (Å²) in [7, 11) is 0. The predicted molar refractivity (Wildman–Crippen MR) is 89.9 cm³/mol. The van der Waals surface area contributed by atoms with Crippen molar-refractivity contribution in [3.05, 3.63) is 52.1 Å². The number of carbonyl (C=O) groups excluding carboxylic acids is 1. The summed E-state index contributed by atoms with van der Waals surface area (Å²) in [6, 6.07) is 11.0. The van der Waals surface area contributed by atoms with Gasteiger partial charge in [0.25, 0.3) is 5.91 Å². The van der Waals surface area contributed by atoms with E-state index in [1.807, 2.05) is 30.3 Å². The van der Waals surface area contributed by atoms with E-state index < -0.39 is 12.7 Å². The van der Waals surface area contributed by atoms with E-state index >= 15 is 0 Å². The molecule has 2 heterocycles. The van der Waals surface area contributed by atoms with Crippen molar-refractivity contribution in [2.75, 3.05) is 13.2 Å². The van der Waals surface area contributed by atoms with Crippen LogP contribution in [0.4, 0.5) is 0 Å². The van der Waals surface area contributed by atoms with Crippen LogP contribution < -0.4 is 5.32 Å². The number of amides is 1. The van der Waals surface area contributed by atoms with Gasteiger partial charge in [-0.15, -0.1) is 10.2 Å². The zero-order valence-corrected chi connectivity index (χ0v) is 13.9. The van der Waals surface area contributed by atoms with Gasteiger partial charge in [-0.05, 0) is 0 Å². The van der Waals surface area contributed by atoms with Gasteiger partial charge < -0.3 is 20.1 Å². The van der Waals surface area contributed by atoms with E-state index in [2.05, 4.69) is 20.7 Å². The molecule has 0 aliphatic heterocycles. The molecule has 3 aromatic rings. The van der Waals surface area contributed by atoms with Crippen molar-refractivity contribution < 1.29 is 19.5 Å². The molecule has 8 nitrogen and oxygen atoms in total. The summed E-state index contributed by atoms with van der Waals surface area (Å²) in [4.78, 5) is 12.1. The first kappa shape index (κ1) is 17.2. The lowest BCUT2D eigenvalue weighted by Crippen LogP contribution is -2.25. The molecule has 0 radical (unpaired) electrons. The van der Waals surface area contributed by atoms with Crippen molar-refractivity contribution in [1.29, 1.82) is 0 Å². The molecule has 0 saturated heterocycles. The molecule has 9 heteroatoms. The van der Waals surface area contributed by atoms with Crippen LogP contribution in [-0.4, -0.2) is 44.6 Å². The number of nitrogens with one attached hydrogen (secondary N) is 1. The van der Waals surface area contributed by atoms with Gasteiger partial charge >= 0.3 is 0 Å². The number of aliphatic hydroxyl groups is 2. The Bertz CT molecular complexity index is 834. The van der Waals surface area contributed by atoms with Gasteiger partial charge in [0.05, 0.1) is 6.61 Å². The second-order valence-corrected chi connectivity index (χ2v) is 6.27. The van der Waals surface area contributed by atoms with Crippen molar-refractivity contribution in [3.63, 3.8) is 0 Å². The van der Waals surface area contributed by atoms with E-state index in [0.717, 1.165) is 5.56 Å². The van der Waals surface area contributed by atoms with Crippen molar-refractivity contribution in [2.45, 2.75) is 12.5 Å². The fraction of sp³-hybridized carbons (Fsp3) is 0.250. The minimum Gasteiger partial charge on any atom is -0.393 e. The van der Waals surface area contributed by atoms with E-state index in [9.17, 15) is 9.90 Å². The predicted octanol–water partition coefficient (Wildman–Crippen LogP) is 1.19. The summed E-state index contributed by atoms with van der Waals surface area (Å²) in [6.07, 6.45) is -0.558. The molecule has 0 unspecified atom stereocenters. The number of aromatic nitrogens is 3. The van der Waals surface area contributed by atoms with Crippen molar-refractivity contribution >= 4 is 17.2 Å². The molecule has 2 aromatic heterocycles. The van der Waals surface area contributed by atoms with Gasteiger partial charge in [0.1, 0.15) is 16.1 Å². The molecule has 0 saturated carbocycles. The van der Waals surface area contributed by atoms with E-state index in [1.54, 1.807) is 6.07 Å². The first-order valence-corrected chi connectivity index (χ1v) is 8.40. The molecule has 0 spiro atoms. The average Bonchev–Trinajstić information content (AvgIpc) is 3.31. The minimum atomic E-state index is -1.02. The van der Waals surface area contributed by atoms with Crippen molar-refractivity contribution in [3.8, 4) is 11.3 Å². The Kier molecular flexibility index (Phi) is 5.49. The highest BCUT2D eigenvalue weighted by Gasteiger charge is 2.15. The highest BCUT2D eigenvalue weighted by Crippen LogP contribution is 2.20. The Labute approximate surface area is 147 Å². The summed E-state index contributed by atoms with van der Waals surface area (Å²) in [5.74, 6) is 0.184. The number of hydrogen-bond acceptors (Lipinski definition) is 8. The smallest absolute Gasteiger partial charge is 0.273 e. The molecule has 1 amide bonds. The maximum Gasteiger partial charge on any atom is 0.273 e. The zero-order chi connectivity index (χ0) is 17.6. The SMILES string of the molecule is O=C(NCCc1nnc([C@H](O)CO)s1)c1cc(-c2ccccc2)on1. The maximum absolute atomic E-state index is 12.1. The number of carbonyl (C=O) groups is 1. The third kappa shape index (κ3) is 4.27. The van der Waals surface area contributed by atoms with E-state index in [-0.39, 0.29) is 11.6 Å². The Morgan fingerprint density at radius 2 is 2.08 bits per heavy atom. The van der Waals surface area contributed by atoms with Gasteiger partial charge in [-0.25, -0.2) is 0 Å². The van der Waals surface area contributed by atoms with Gasteiger partial charge in [-0.1, -0.05) is 46.8 Å². The highest BCUT2D eigenvalue weighted by molar-refractivity contribution is 7.11. The zero-order valence-electron chi connectivity index (χ0n) is 13.1. The summed E-state index contributed by atoms with van der Waals surface area (Å²) in [5.41, 5.74) is 1.05. The third-order valence-corrected chi connectivity index (χ3v) is 4.45. The van der Waals surface area contributed by atoms with E-state index in [4.69, 9.17) is 9.63 Å². The van der Waals surface area contributed by atoms with E-state index in [0.29, 0.717) is 28.7 Å². The van der Waals surface area contributed by atoms with Gasteiger partial charge in [-0.3, -0.25) is 4.79 Å². The Morgan fingerprint density at radius 3 is 2.84 bits per heavy atom. The normalized spacial score (nSPS) is 12.1. The topological polar surface area (TPSA) is 121 Å². The lowest BCUT2D eigenvalue weighted by molar-refractivity contribution is 0.0945. The van der Waals surface area contributed by atoms with Crippen LogP contribution in [0.1, 0.15) is 26.6 Å². The fourth-order valence-corrected chi connectivity index (χ4v) is 2.89. The summed E-state index contributed by atoms with van der Waals surface area (Å²) in [5, 5.41) is 33.6. The van der Waals surface area contributed by atoms with Crippen LogP contribution in [0, 0.1) is 0 Å². The van der Waals surface area contributed by atoms with Crippen LogP contribution in [0.25, 0.3) is 11.3 Å². The second kappa shape index (κ2) is 7.97. The van der Waals surface area contributed by atoms with Crippen molar-refractivity contribution in [1.82, 2.24) is 20.7 Å². The molecule has 0 bridgehead atoms. The average molecular weight is 360 g/mol. The van der Waals surface area contributed by atoms with E-state index in [1.165, 1.54) is 11.3 Å². The molecule has 3 N–H and O–H groups in total. The summed E-state index contributed by atoms with van der Waals surface area (Å²) < 4.78 is 5.20. The third-order valence-electron chi connectivity index (χ3n) is 3.37. The lowest BCUT2D eigenvalue weighted by atomic mass is 10.1. The van der Waals surface area contributed by atoms with Gasteiger partial charge in [0.15, 0.2) is 11.5 Å². The largest absolute Gasteiger partial charge is 0.393 e. The lowest BCUT2D eigenvalue weighted by Gasteiger charge is -2.00. The molecular formula is C16H16N4O4S. The maximum atomic E-state index is 12.1. The van der Waals surface area contributed by atoms with Crippen LogP contribution in [0.15, 0.2) is 40.9 Å². The summed E-state index contributed by atoms with van der Waals surface area (Å²) >= 11 is 1.20. The molecule has 130 valence electrons. The number of nitrogens with zero attached hydrogens (tertiary/aromatic N) is 3. The molecule has 1 aromatic carbocycles. The number of hydrogen-bond donors (Lipinski definition) is 3. The number of rotatable bonds is 7.